The molecule has 0 saturated heterocycles. The molecule has 0 heterocycles. The Balaban J connectivity index is 2.42. The molecule has 1 heteroatoms. The summed E-state index contributed by atoms with van der Waals surface area (Å²) in [6, 6.07) is 7.74. The van der Waals surface area contributed by atoms with Gasteiger partial charge in [-0.3, -0.25) is 0 Å². The summed E-state index contributed by atoms with van der Waals surface area (Å²) in [5, 5.41) is 8.87. The zero-order valence-electron chi connectivity index (χ0n) is 9.29. The fourth-order valence-electron chi connectivity index (χ4n) is 1.32. The fourth-order valence-corrected chi connectivity index (χ4v) is 1.32. The standard InChI is InChI=1S/C14H18O/c1-2-3-4-5-6-7-13-8-10-14(12-15)11-9-13/h8-11,15H,2-5,12H2,1H3. The number of hydrogen-bond acceptors (Lipinski definition) is 1. The van der Waals surface area contributed by atoms with Crippen LogP contribution >= 0.6 is 0 Å². The average molecular weight is 202 g/mol. The van der Waals surface area contributed by atoms with E-state index in [1.54, 1.807) is 0 Å². The predicted octanol–water partition coefficient (Wildman–Crippen LogP) is 3.11. The molecule has 0 saturated carbocycles. The SMILES string of the molecule is CCCCCC#Cc1ccc(CO)cc1. The van der Waals surface area contributed by atoms with Gasteiger partial charge in [0.1, 0.15) is 0 Å². The zero-order valence-corrected chi connectivity index (χ0v) is 9.29. The molecule has 0 spiro atoms. The van der Waals surface area contributed by atoms with Crippen molar-refractivity contribution < 1.29 is 5.11 Å². The first kappa shape index (κ1) is 11.8. The topological polar surface area (TPSA) is 20.2 Å². The number of rotatable bonds is 4. The second-order valence-electron chi connectivity index (χ2n) is 3.61. The van der Waals surface area contributed by atoms with Gasteiger partial charge < -0.3 is 5.11 Å². The van der Waals surface area contributed by atoms with Gasteiger partial charge in [0, 0.05) is 12.0 Å². The molecular formula is C14H18O. The molecule has 0 unspecified atom stereocenters. The lowest BCUT2D eigenvalue weighted by Gasteiger charge is -1.94. The molecule has 0 aliphatic carbocycles. The van der Waals surface area contributed by atoms with Crippen LogP contribution in [0.5, 0.6) is 0 Å². The molecule has 0 aliphatic heterocycles. The first-order valence-corrected chi connectivity index (χ1v) is 5.55. The van der Waals surface area contributed by atoms with Crippen molar-refractivity contribution >= 4 is 0 Å². The largest absolute Gasteiger partial charge is 0.392 e. The third-order valence-corrected chi connectivity index (χ3v) is 2.27. The monoisotopic (exact) mass is 202 g/mol. The molecule has 1 N–H and O–H groups in total. The maximum atomic E-state index is 8.87. The van der Waals surface area contributed by atoms with Crippen LogP contribution in [0.3, 0.4) is 0 Å². The minimum absolute atomic E-state index is 0.101. The predicted molar refractivity (Wildman–Crippen MR) is 63.4 cm³/mol. The highest BCUT2D eigenvalue weighted by Gasteiger charge is 1.89. The summed E-state index contributed by atoms with van der Waals surface area (Å²) >= 11 is 0. The van der Waals surface area contributed by atoms with Gasteiger partial charge in [-0.1, -0.05) is 43.7 Å². The van der Waals surface area contributed by atoms with E-state index in [1.165, 1.54) is 19.3 Å². The van der Waals surface area contributed by atoms with Crippen molar-refractivity contribution in [3.05, 3.63) is 35.4 Å². The Morgan fingerprint density at radius 1 is 1.13 bits per heavy atom. The fraction of sp³-hybridized carbons (Fsp3) is 0.429. The molecule has 80 valence electrons. The van der Waals surface area contributed by atoms with Crippen LogP contribution in [0.15, 0.2) is 24.3 Å². The van der Waals surface area contributed by atoms with E-state index in [-0.39, 0.29) is 6.61 Å². The summed E-state index contributed by atoms with van der Waals surface area (Å²) in [7, 11) is 0. The maximum absolute atomic E-state index is 8.87. The number of aliphatic hydroxyl groups excluding tert-OH is 1. The van der Waals surface area contributed by atoms with Crippen LogP contribution in [-0.2, 0) is 6.61 Å². The van der Waals surface area contributed by atoms with Crippen molar-refractivity contribution in [1.29, 1.82) is 0 Å². The Kier molecular flexibility index (Phi) is 5.58. The molecule has 0 aliphatic rings. The molecule has 0 radical (unpaired) electrons. The molecule has 1 nitrogen and oxygen atoms in total. The Labute approximate surface area is 92.1 Å². The molecule has 15 heavy (non-hydrogen) atoms. The van der Waals surface area contributed by atoms with Crippen molar-refractivity contribution in [2.75, 3.05) is 0 Å². The molecule has 1 rings (SSSR count). The van der Waals surface area contributed by atoms with E-state index in [9.17, 15) is 0 Å². The van der Waals surface area contributed by atoms with Crippen LogP contribution in [0, 0.1) is 11.8 Å². The van der Waals surface area contributed by atoms with Gasteiger partial charge in [0.25, 0.3) is 0 Å². The second-order valence-corrected chi connectivity index (χ2v) is 3.61. The van der Waals surface area contributed by atoms with Crippen LogP contribution in [0.25, 0.3) is 0 Å². The molecule has 1 aromatic rings. The van der Waals surface area contributed by atoms with Crippen LogP contribution in [-0.4, -0.2) is 5.11 Å². The number of unbranched alkanes of at least 4 members (excludes halogenated alkanes) is 3. The van der Waals surface area contributed by atoms with Crippen molar-refractivity contribution in [3.8, 4) is 11.8 Å². The zero-order chi connectivity index (χ0) is 10.9. The first-order valence-electron chi connectivity index (χ1n) is 5.55. The Bertz CT molecular complexity index is 327. The first-order chi connectivity index (χ1) is 7.36. The van der Waals surface area contributed by atoms with Crippen LogP contribution in [0.1, 0.15) is 43.7 Å². The maximum Gasteiger partial charge on any atom is 0.0681 e. The second kappa shape index (κ2) is 7.09. The third-order valence-electron chi connectivity index (χ3n) is 2.27. The molecule has 0 atom stereocenters. The van der Waals surface area contributed by atoms with Gasteiger partial charge in [0.15, 0.2) is 0 Å². The number of hydrogen-bond donors (Lipinski definition) is 1. The number of aliphatic hydroxyl groups is 1. The van der Waals surface area contributed by atoms with Crippen molar-refractivity contribution in [2.45, 2.75) is 39.2 Å². The van der Waals surface area contributed by atoms with E-state index in [0.29, 0.717) is 0 Å². The minimum Gasteiger partial charge on any atom is -0.392 e. The summed E-state index contributed by atoms with van der Waals surface area (Å²) in [4.78, 5) is 0. The highest BCUT2D eigenvalue weighted by Crippen LogP contribution is 2.03. The van der Waals surface area contributed by atoms with Gasteiger partial charge >= 0.3 is 0 Å². The Hall–Kier alpha value is -1.26. The summed E-state index contributed by atoms with van der Waals surface area (Å²) in [5.41, 5.74) is 1.97. The van der Waals surface area contributed by atoms with Gasteiger partial charge in [0.2, 0.25) is 0 Å². The van der Waals surface area contributed by atoms with E-state index in [4.69, 9.17) is 5.11 Å². The Morgan fingerprint density at radius 3 is 2.47 bits per heavy atom. The lowest BCUT2D eigenvalue weighted by molar-refractivity contribution is 0.282. The van der Waals surface area contributed by atoms with Gasteiger partial charge in [-0.05, 0) is 24.1 Å². The summed E-state index contributed by atoms with van der Waals surface area (Å²) in [6.07, 6.45) is 4.68. The molecule has 1 aromatic carbocycles. The van der Waals surface area contributed by atoms with E-state index >= 15 is 0 Å². The smallest absolute Gasteiger partial charge is 0.0681 e. The third kappa shape index (κ3) is 4.67. The van der Waals surface area contributed by atoms with Crippen molar-refractivity contribution in [1.82, 2.24) is 0 Å². The molecule has 0 aromatic heterocycles. The molecule has 0 bridgehead atoms. The molecular weight excluding hydrogens is 184 g/mol. The normalized spacial score (nSPS) is 9.47. The van der Waals surface area contributed by atoms with Gasteiger partial charge in [-0.2, -0.15) is 0 Å². The average Bonchev–Trinajstić information content (AvgIpc) is 2.30. The van der Waals surface area contributed by atoms with E-state index in [2.05, 4.69) is 18.8 Å². The van der Waals surface area contributed by atoms with Gasteiger partial charge in [-0.25, -0.2) is 0 Å². The van der Waals surface area contributed by atoms with Crippen LogP contribution in [0.2, 0.25) is 0 Å². The highest BCUT2D eigenvalue weighted by molar-refractivity contribution is 5.35. The summed E-state index contributed by atoms with van der Waals surface area (Å²) in [5.74, 6) is 6.28. The molecule has 0 fully saturated rings. The lowest BCUT2D eigenvalue weighted by atomic mass is 10.1. The van der Waals surface area contributed by atoms with Crippen molar-refractivity contribution in [3.63, 3.8) is 0 Å². The lowest BCUT2D eigenvalue weighted by Crippen LogP contribution is -1.82. The quantitative estimate of drug-likeness (QED) is 0.587. The summed E-state index contributed by atoms with van der Waals surface area (Å²) in [6.45, 7) is 2.30. The van der Waals surface area contributed by atoms with Crippen molar-refractivity contribution in [2.24, 2.45) is 0 Å². The van der Waals surface area contributed by atoms with E-state index in [0.717, 1.165) is 17.5 Å². The number of benzene rings is 1. The molecule has 0 amide bonds. The Morgan fingerprint density at radius 2 is 1.87 bits per heavy atom. The minimum atomic E-state index is 0.101. The van der Waals surface area contributed by atoms with Gasteiger partial charge in [-0.15, -0.1) is 0 Å². The van der Waals surface area contributed by atoms with E-state index in [1.807, 2.05) is 24.3 Å². The highest BCUT2D eigenvalue weighted by atomic mass is 16.3. The van der Waals surface area contributed by atoms with Crippen LogP contribution in [0.4, 0.5) is 0 Å². The summed E-state index contributed by atoms with van der Waals surface area (Å²) < 4.78 is 0. The van der Waals surface area contributed by atoms with Gasteiger partial charge in [0.05, 0.1) is 6.61 Å². The van der Waals surface area contributed by atoms with E-state index < -0.39 is 0 Å². The van der Waals surface area contributed by atoms with Crippen LogP contribution < -0.4 is 0 Å².